The van der Waals surface area contributed by atoms with Gasteiger partial charge in [0.15, 0.2) is 0 Å². The molecule has 0 bridgehead atoms. The molecular weight excluding hydrogens is 322 g/mol. The van der Waals surface area contributed by atoms with E-state index in [4.69, 9.17) is 0 Å². The molecule has 0 saturated heterocycles. The Morgan fingerprint density at radius 3 is 0.714 bits per heavy atom. The summed E-state index contributed by atoms with van der Waals surface area (Å²) >= 11 is 0. The van der Waals surface area contributed by atoms with E-state index in [2.05, 4.69) is 39.9 Å². The molecule has 21 heavy (non-hydrogen) atoms. The van der Waals surface area contributed by atoms with Gasteiger partial charge in [-0.05, 0) is 0 Å². The summed E-state index contributed by atoms with van der Waals surface area (Å²) in [7, 11) is 0. The Morgan fingerprint density at radius 1 is 0.429 bits per heavy atom. The molecule has 0 amide bonds. The fourth-order valence-corrected chi connectivity index (χ4v) is 0.861. The third-order valence-electron chi connectivity index (χ3n) is 1.62. The summed E-state index contributed by atoms with van der Waals surface area (Å²) < 4.78 is 0. The molecule has 4 N–H and O–H groups in total. The molecule has 0 aliphatic rings. The summed E-state index contributed by atoms with van der Waals surface area (Å²) in [5.41, 5.74) is 0. The van der Waals surface area contributed by atoms with Gasteiger partial charge in [0.2, 0.25) is 0 Å². The van der Waals surface area contributed by atoms with Crippen molar-refractivity contribution in [2.45, 2.75) is 0 Å². The van der Waals surface area contributed by atoms with Gasteiger partial charge in [0.25, 0.3) is 0 Å². The van der Waals surface area contributed by atoms with Crippen molar-refractivity contribution in [1.82, 2.24) is 39.9 Å². The Hall–Kier alpha value is -2.54. The zero-order chi connectivity index (χ0) is 14.1. The topological polar surface area (TPSA) is 115 Å². The molecule has 4 aromatic rings. The van der Waals surface area contributed by atoms with Crippen LogP contribution in [-0.4, -0.2) is 39.9 Å². The molecule has 0 spiro atoms. The molecule has 106 valence electrons. The van der Waals surface area contributed by atoms with Crippen LogP contribution in [0.2, 0.25) is 0 Å². The molecule has 0 radical (unpaired) electrons. The van der Waals surface area contributed by atoms with Gasteiger partial charge in [-0.1, -0.05) is 0 Å². The Labute approximate surface area is 134 Å². The number of rotatable bonds is 0. The van der Waals surface area contributed by atoms with Gasteiger partial charge in [0.05, 0.1) is 25.3 Å². The van der Waals surface area contributed by atoms with Gasteiger partial charge < -0.3 is 19.9 Å². The first kappa shape index (κ1) is 18.5. The molecular formula is C12H16N8Zn. The van der Waals surface area contributed by atoms with E-state index in [0.29, 0.717) is 0 Å². The van der Waals surface area contributed by atoms with Gasteiger partial charge in [-0.25, -0.2) is 19.9 Å². The average Bonchev–Trinajstić information content (AvgIpc) is 3.40. The van der Waals surface area contributed by atoms with Gasteiger partial charge >= 0.3 is 0 Å². The summed E-state index contributed by atoms with van der Waals surface area (Å²) in [6.07, 6.45) is 20.3. The molecule has 4 rings (SSSR count). The third kappa shape index (κ3) is 13.7. The zero-order valence-corrected chi connectivity index (χ0v) is 14.4. The van der Waals surface area contributed by atoms with Crippen molar-refractivity contribution in [3.8, 4) is 0 Å². The van der Waals surface area contributed by atoms with Gasteiger partial charge in [-0.2, -0.15) is 0 Å². The smallest absolute Gasteiger partial charge is 0.0919 e. The van der Waals surface area contributed by atoms with E-state index in [0.717, 1.165) is 0 Å². The van der Waals surface area contributed by atoms with Crippen LogP contribution in [0.5, 0.6) is 0 Å². The number of imidazole rings is 4. The fraction of sp³-hybridized carbons (Fsp3) is 0. The minimum absolute atomic E-state index is 0. The third-order valence-corrected chi connectivity index (χ3v) is 1.62. The number of hydrogen-bond acceptors (Lipinski definition) is 4. The SMILES string of the molecule is [Zn].c1c[nH]cn1.c1c[nH]cn1.c1c[nH]cn1.c1c[nH]cn1. The molecule has 8 nitrogen and oxygen atoms in total. The number of aromatic nitrogens is 8. The van der Waals surface area contributed by atoms with E-state index in [1.54, 1.807) is 74.9 Å². The summed E-state index contributed by atoms with van der Waals surface area (Å²) in [5, 5.41) is 0. The van der Waals surface area contributed by atoms with Crippen LogP contribution in [0.25, 0.3) is 0 Å². The second-order valence-electron chi connectivity index (χ2n) is 3.04. The van der Waals surface area contributed by atoms with E-state index < -0.39 is 0 Å². The first-order valence-corrected chi connectivity index (χ1v) is 5.71. The number of nitrogens with zero attached hydrogens (tertiary/aromatic N) is 4. The second-order valence-corrected chi connectivity index (χ2v) is 3.04. The van der Waals surface area contributed by atoms with Crippen molar-refractivity contribution >= 4 is 0 Å². The van der Waals surface area contributed by atoms with E-state index in [-0.39, 0.29) is 19.5 Å². The Bertz CT molecular complexity index is 356. The summed E-state index contributed by atoms with van der Waals surface area (Å²) in [6.45, 7) is 0. The number of H-pyrrole nitrogens is 4. The number of nitrogens with one attached hydrogen (secondary N) is 4. The predicted molar refractivity (Wildman–Crippen MR) is 74.4 cm³/mol. The van der Waals surface area contributed by atoms with Crippen LogP contribution in [-0.2, 0) is 19.5 Å². The first-order valence-electron chi connectivity index (χ1n) is 5.71. The minimum atomic E-state index is 0. The van der Waals surface area contributed by atoms with Crippen molar-refractivity contribution in [1.29, 1.82) is 0 Å². The van der Waals surface area contributed by atoms with Crippen molar-refractivity contribution in [3.05, 3.63) is 74.9 Å². The van der Waals surface area contributed by atoms with Crippen molar-refractivity contribution < 1.29 is 19.5 Å². The number of aromatic amines is 4. The standard InChI is InChI=1S/4C3H4N2.Zn/c4*1-2-5-3-4-1;/h4*1-3H,(H,4,5);. The van der Waals surface area contributed by atoms with Crippen LogP contribution >= 0.6 is 0 Å². The molecule has 4 aromatic heterocycles. The predicted octanol–water partition coefficient (Wildman–Crippen LogP) is 1.64. The number of hydrogen-bond donors (Lipinski definition) is 4. The van der Waals surface area contributed by atoms with E-state index in [9.17, 15) is 0 Å². The monoisotopic (exact) mass is 336 g/mol. The Morgan fingerprint density at radius 2 is 0.667 bits per heavy atom. The van der Waals surface area contributed by atoms with Crippen LogP contribution in [0.15, 0.2) is 74.9 Å². The van der Waals surface area contributed by atoms with Crippen LogP contribution in [0, 0.1) is 0 Å². The van der Waals surface area contributed by atoms with E-state index in [1.807, 2.05) is 0 Å². The van der Waals surface area contributed by atoms with E-state index in [1.165, 1.54) is 0 Å². The Balaban J connectivity index is 0.000000250. The average molecular weight is 338 g/mol. The Kier molecular flexibility index (Phi) is 13.6. The van der Waals surface area contributed by atoms with Gasteiger partial charge in [-0.15, -0.1) is 0 Å². The molecule has 0 fully saturated rings. The largest absolute Gasteiger partial charge is 0.351 e. The summed E-state index contributed by atoms with van der Waals surface area (Å²) in [4.78, 5) is 25.7. The van der Waals surface area contributed by atoms with Crippen molar-refractivity contribution in [2.75, 3.05) is 0 Å². The van der Waals surface area contributed by atoms with Crippen LogP contribution in [0.3, 0.4) is 0 Å². The molecule has 0 aromatic carbocycles. The second kappa shape index (κ2) is 15.5. The molecule has 0 aliphatic carbocycles. The molecule has 0 atom stereocenters. The van der Waals surface area contributed by atoms with Crippen LogP contribution in [0.1, 0.15) is 0 Å². The van der Waals surface area contributed by atoms with Crippen LogP contribution < -0.4 is 0 Å². The quantitative estimate of drug-likeness (QED) is 0.365. The molecule has 0 saturated carbocycles. The molecule has 0 unspecified atom stereocenters. The maximum atomic E-state index is 3.67. The van der Waals surface area contributed by atoms with Gasteiger partial charge in [-0.3, -0.25) is 0 Å². The molecule has 9 heteroatoms. The van der Waals surface area contributed by atoms with Crippen molar-refractivity contribution in [3.63, 3.8) is 0 Å². The molecule has 0 aliphatic heterocycles. The van der Waals surface area contributed by atoms with Crippen LogP contribution in [0.4, 0.5) is 0 Å². The zero-order valence-electron chi connectivity index (χ0n) is 11.4. The first-order chi connectivity index (χ1) is 10.0. The normalized spacial score (nSPS) is 7.62. The summed E-state index contributed by atoms with van der Waals surface area (Å²) in [6, 6.07) is 0. The van der Waals surface area contributed by atoms with E-state index >= 15 is 0 Å². The van der Waals surface area contributed by atoms with Gasteiger partial charge in [0.1, 0.15) is 0 Å². The maximum absolute atomic E-state index is 3.67. The molecule has 4 heterocycles. The van der Waals surface area contributed by atoms with Crippen molar-refractivity contribution in [2.24, 2.45) is 0 Å². The van der Waals surface area contributed by atoms with Gasteiger partial charge in [0, 0.05) is 69.1 Å². The maximum Gasteiger partial charge on any atom is 0.0919 e. The minimum Gasteiger partial charge on any atom is -0.351 e. The fourth-order valence-electron chi connectivity index (χ4n) is 0.861. The summed E-state index contributed by atoms with van der Waals surface area (Å²) in [5.74, 6) is 0.